The number of esters is 1. The third-order valence-corrected chi connectivity index (χ3v) is 8.05. The number of carbonyl (C=O) groups is 1. The van der Waals surface area contributed by atoms with Crippen molar-refractivity contribution < 1.29 is 14.6 Å². The molecule has 0 amide bonds. The Morgan fingerprint density at radius 2 is 2.06 bits per heavy atom. The maximum atomic E-state index is 12.0. The lowest BCUT2D eigenvalue weighted by Gasteiger charge is -2.33. The minimum Gasteiger partial charge on any atom is -0.463 e. The summed E-state index contributed by atoms with van der Waals surface area (Å²) in [5.41, 5.74) is 0. The highest BCUT2D eigenvalue weighted by atomic mass is 32.2. The fraction of sp³-hybridized carbons (Fsp3) is 0.769. The Kier molecular flexibility index (Phi) is 2.71. The second-order valence-electron chi connectivity index (χ2n) is 5.48. The normalized spacial score (nSPS) is 50.8. The van der Waals surface area contributed by atoms with Crippen molar-refractivity contribution in [1.82, 2.24) is 0 Å². The SMILES string of the molecule is O=C(OCCO)C1CC2SC1C1C3C=CC(S3)C21. The van der Waals surface area contributed by atoms with Gasteiger partial charge in [-0.3, -0.25) is 4.79 Å². The lowest BCUT2D eigenvalue weighted by Crippen LogP contribution is -2.41. The minimum absolute atomic E-state index is 0.0705. The Morgan fingerprint density at radius 3 is 2.83 bits per heavy atom. The third-order valence-electron chi connectivity index (χ3n) is 4.67. The van der Waals surface area contributed by atoms with Crippen molar-refractivity contribution in [1.29, 1.82) is 0 Å². The summed E-state index contributed by atoms with van der Waals surface area (Å²) >= 11 is 4.11. The van der Waals surface area contributed by atoms with E-state index < -0.39 is 0 Å². The maximum absolute atomic E-state index is 12.0. The van der Waals surface area contributed by atoms with Gasteiger partial charge >= 0.3 is 5.97 Å². The van der Waals surface area contributed by atoms with Gasteiger partial charge in [0.25, 0.3) is 0 Å². The lowest BCUT2D eigenvalue weighted by atomic mass is 9.69. The Labute approximate surface area is 115 Å². The lowest BCUT2D eigenvalue weighted by molar-refractivity contribution is -0.150. The number of hydrogen-bond donors (Lipinski definition) is 1. The van der Waals surface area contributed by atoms with E-state index >= 15 is 0 Å². The highest BCUT2D eigenvalue weighted by Crippen LogP contribution is 2.66. The number of fused-ring (bicyclic) bond motifs is 9. The molecule has 1 N–H and O–H groups in total. The predicted molar refractivity (Wildman–Crippen MR) is 72.6 cm³/mol. The first kappa shape index (κ1) is 11.7. The van der Waals surface area contributed by atoms with Crippen LogP contribution in [-0.4, -0.2) is 45.3 Å². The van der Waals surface area contributed by atoms with E-state index in [-0.39, 0.29) is 25.1 Å². The molecular formula is C13H16O3S2. The summed E-state index contributed by atoms with van der Waals surface area (Å²) in [5, 5.41) is 11.2. The van der Waals surface area contributed by atoms with Crippen LogP contribution >= 0.6 is 23.5 Å². The van der Waals surface area contributed by atoms with Crippen LogP contribution in [0.15, 0.2) is 12.2 Å². The molecule has 5 heteroatoms. The van der Waals surface area contributed by atoms with Crippen LogP contribution in [0, 0.1) is 17.8 Å². The molecule has 0 aliphatic carbocycles. The summed E-state index contributed by atoms with van der Waals surface area (Å²) in [6.07, 6.45) is 5.70. The van der Waals surface area contributed by atoms with E-state index in [0.29, 0.717) is 26.9 Å². The van der Waals surface area contributed by atoms with Crippen LogP contribution in [0.25, 0.3) is 0 Å². The Bertz CT molecular complexity index is 411. The molecule has 0 aromatic carbocycles. The summed E-state index contributed by atoms with van der Waals surface area (Å²) in [5.74, 6) is 1.46. The molecule has 3 fully saturated rings. The molecule has 4 bridgehead atoms. The van der Waals surface area contributed by atoms with Gasteiger partial charge in [0.15, 0.2) is 0 Å². The molecule has 98 valence electrons. The van der Waals surface area contributed by atoms with Gasteiger partial charge < -0.3 is 9.84 Å². The minimum atomic E-state index is -0.0840. The van der Waals surface area contributed by atoms with Gasteiger partial charge in [-0.1, -0.05) is 12.2 Å². The molecule has 0 aromatic rings. The molecule has 0 saturated carbocycles. The van der Waals surface area contributed by atoms with E-state index in [0.717, 1.165) is 12.3 Å². The van der Waals surface area contributed by atoms with Gasteiger partial charge in [0.05, 0.1) is 12.5 Å². The van der Waals surface area contributed by atoms with Crippen molar-refractivity contribution in [2.24, 2.45) is 17.8 Å². The Balaban J connectivity index is 1.52. The first-order valence-electron chi connectivity index (χ1n) is 6.56. The summed E-state index contributed by atoms with van der Waals surface area (Å²) in [6, 6.07) is 0. The fourth-order valence-electron chi connectivity index (χ4n) is 4.06. The Hall–Kier alpha value is -0.130. The van der Waals surface area contributed by atoms with Crippen molar-refractivity contribution in [2.75, 3.05) is 13.2 Å². The molecular weight excluding hydrogens is 268 g/mol. The summed E-state index contributed by atoms with van der Waals surface area (Å²) in [7, 11) is 0. The zero-order valence-electron chi connectivity index (χ0n) is 9.90. The van der Waals surface area contributed by atoms with E-state index in [1.807, 2.05) is 11.8 Å². The summed E-state index contributed by atoms with van der Waals surface area (Å²) in [4.78, 5) is 12.0. The van der Waals surface area contributed by atoms with Crippen molar-refractivity contribution in [3.63, 3.8) is 0 Å². The molecule has 7 atom stereocenters. The molecule has 3 nitrogen and oxygen atoms in total. The molecule has 18 heavy (non-hydrogen) atoms. The summed E-state index contributed by atoms with van der Waals surface area (Å²) in [6.45, 7) is 0.0707. The van der Waals surface area contributed by atoms with Crippen LogP contribution in [0.3, 0.4) is 0 Å². The maximum Gasteiger partial charge on any atom is 0.310 e. The van der Waals surface area contributed by atoms with Gasteiger partial charge in [-0.25, -0.2) is 0 Å². The van der Waals surface area contributed by atoms with Crippen LogP contribution in [-0.2, 0) is 9.53 Å². The van der Waals surface area contributed by atoms with Gasteiger partial charge in [-0.05, 0) is 18.3 Å². The number of ether oxygens (including phenoxy) is 1. The fourth-order valence-corrected chi connectivity index (χ4v) is 8.27. The third kappa shape index (κ3) is 1.47. The first-order valence-corrected chi connectivity index (χ1v) is 8.45. The average molecular weight is 284 g/mol. The first-order chi connectivity index (χ1) is 8.79. The zero-order valence-corrected chi connectivity index (χ0v) is 11.5. The molecule has 0 radical (unpaired) electrons. The van der Waals surface area contributed by atoms with E-state index in [1.54, 1.807) is 0 Å². The molecule has 0 aromatic heterocycles. The van der Waals surface area contributed by atoms with Gasteiger partial charge in [0, 0.05) is 21.0 Å². The number of thioether (sulfide) groups is 2. The van der Waals surface area contributed by atoms with Crippen LogP contribution in [0.5, 0.6) is 0 Å². The molecule has 7 unspecified atom stereocenters. The molecule has 4 rings (SSSR count). The number of carbonyl (C=O) groups excluding carboxylic acids is 1. The smallest absolute Gasteiger partial charge is 0.310 e. The van der Waals surface area contributed by atoms with Crippen LogP contribution < -0.4 is 0 Å². The van der Waals surface area contributed by atoms with Crippen molar-refractivity contribution in [3.8, 4) is 0 Å². The van der Waals surface area contributed by atoms with Gasteiger partial charge in [0.1, 0.15) is 6.61 Å². The summed E-state index contributed by atoms with van der Waals surface area (Å²) < 4.78 is 5.13. The van der Waals surface area contributed by atoms with Crippen LogP contribution in [0.1, 0.15) is 6.42 Å². The molecule has 4 aliphatic heterocycles. The molecule has 4 aliphatic rings. The Morgan fingerprint density at radius 1 is 1.28 bits per heavy atom. The number of rotatable bonds is 3. The van der Waals surface area contributed by atoms with Crippen molar-refractivity contribution >= 4 is 29.5 Å². The topological polar surface area (TPSA) is 46.5 Å². The molecule has 3 saturated heterocycles. The highest BCUT2D eigenvalue weighted by molar-refractivity contribution is 8.03. The molecule has 4 heterocycles. The van der Waals surface area contributed by atoms with E-state index in [9.17, 15) is 4.79 Å². The van der Waals surface area contributed by atoms with Gasteiger partial charge in [0.2, 0.25) is 0 Å². The van der Waals surface area contributed by atoms with Crippen LogP contribution in [0.4, 0.5) is 0 Å². The van der Waals surface area contributed by atoms with E-state index in [1.165, 1.54) is 0 Å². The largest absolute Gasteiger partial charge is 0.463 e. The number of aliphatic hydroxyl groups excluding tert-OH is 1. The highest BCUT2D eigenvalue weighted by Gasteiger charge is 2.63. The van der Waals surface area contributed by atoms with E-state index in [4.69, 9.17) is 9.84 Å². The second kappa shape index (κ2) is 4.18. The molecule has 0 spiro atoms. The standard InChI is InChI=1S/C13H16O3S2/c14-3-4-16-13(15)6-5-9-10-7-1-2-8(17-7)11(10)12(6)18-9/h1-2,6-12,14H,3-5H2. The van der Waals surface area contributed by atoms with Crippen molar-refractivity contribution in [2.45, 2.75) is 27.4 Å². The quantitative estimate of drug-likeness (QED) is 0.625. The van der Waals surface area contributed by atoms with Crippen molar-refractivity contribution in [3.05, 3.63) is 12.2 Å². The monoisotopic (exact) mass is 284 g/mol. The van der Waals surface area contributed by atoms with Crippen LogP contribution in [0.2, 0.25) is 0 Å². The second-order valence-corrected chi connectivity index (χ2v) is 8.26. The average Bonchev–Trinajstić information content (AvgIpc) is 3.10. The predicted octanol–water partition coefficient (Wildman–Crippen LogP) is 1.31. The van der Waals surface area contributed by atoms with Gasteiger partial charge in [-0.2, -0.15) is 11.8 Å². The number of aliphatic hydroxyl groups is 1. The van der Waals surface area contributed by atoms with E-state index in [2.05, 4.69) is 23.9 Å². The number of hydrogen-bond acceptors (Lipinski definition) is 5. The zero-order chi connectivity index (χ0) is 12.3. The van der Waals surface area contributed by atoms with Gasteiger partial charge in [-0.15, -0.1) is 11.8 Å².